The molecule has 20 heavy (non-hydrogen) atoms. The van der Waals surface area contributed by atoms with Crippen LogP contribution in [0, 0.1) is 0 Å². The lowest BCUT2D eigenvalue weighted by atomic mass is 9.99. The van der Waals surface area contributed by atoms with Crippen molar-refractivity contribution in [2.24, 2.45) is 0 Å². The minimum Gasteiger partial charge on any atom is -0.388 e. The normalized spacial score (nSPS) is 18.1. The summed E-state index contributed by atoms with van der Waals surface area (Å²) in [5.41, 5.74) is 2.05. The van der Waals surface area contributed by atoms with E-state index in [0.29, 0.717) is 18.3 Å². The fourth-order valence-electron chi connectivity index (χ4n) is 2.62. The molecule has 5 nitrogen and oxygen atoms in total. The predicted molar refractivity (Wildman–Crippen MR) is 75.4 cm³/mol. The number of hydrogen-bond donors (Lipinski definition) is 1. The van der Waals surface area contributed by atoms with Crippen LogP contribution in [-0.2, 0) is 13.0 Å². The van der Waals surface area contributed by atoms with Gasteiger partial charge in [-0.25, -0.2) is 0 Å². The van der Waals surface area contributed by atoms with Crippen molar-refractivity contribution in [2.45, 2.75) is 38.8 Å². The Hall–Kier alpha value is -1.88. The third kappa shape index (κ3) is 2.54. The van der Waals surface area contributed by atoms with Crippen LogP contribution in [-0.4, -0.2) is 21.8 Å². The molecule has 0 bridgehead atoms. The maximum absolute atomic E-state index is 10.0. The van der Waals surface area contributed by atoms with Gasteiger partial charge in [-0.15, -0.1) is 0 Å². The molecule has 1 aliphatic rings. The lowest BCUT2D eigenvalue weighted by molar-refractivity contribution is 0.164. The third-order valence-corrected chi connectivity index (χ3v) is 3.62. The lowest BCUT2D eigenvalue weighted by Crippen LogP contribution is -2.31. The zero-order chi connectivity index (χ0) is 13.9. The van der Waals surface area contributed by atoms with E-state index in [1.807, 2.05) is 24.3 Å². The Morgan fingerprint density at radius 2 is 2.25 bits per heavy atom. The summed E-state index contributed by atoms with van der Waals surface area (Å²) in [7, 11) is 0. The minimum atomic E-state index is -0.372. The molecule has 2 heterocycles. The first-order chi connectivity index (χ1) is 9.78. The molecule has 0 spiro atoms. The number of aryl methyl sites for hydroxylation is 1. The second kappa shape index (κ2) is 5.63. The highest BCUT2D eigenvalue weighted by Gasteiger charge is 2.24. The lowest BCUT2D eigenvalue weighted by Gasteiger charge is -2.32. The standard InChI is InChI=1S/C15H19N3O2/c1-2-5-15-16-14(17-20-15)10-18-9-8-13(19)11-6-3-4-7-12(11)18/h3-4,6-7,13,19H,2,5,8-10H2,1H3. The highest BCUT2D eigenvalue weighted by Crippen LogP contribution is 2.33. The van der Waals surface area contributed by atoms with E-state index in [1.165, 1.54) is 0 Å². The van der Waals surface area contributed by atoms with E-state index in [1.54, 1.807) is 0 Å². The van der Waals surface area contributed by atoms with E-state index in [2.05, 4.69) is 22.0 Å². The number of anilines is 1. The molecule has 0 saturated carbocycles. The average Bonchev–Trinajstić information content (AvgIpc) is 2.90. The summed E-state index contributed by atoms with van der Waals surface area (Å²) in [5.74, 6) is 1.41. The van der Waals surface area contributed by atoms with Gasteiger partial charge < -0.3 is 14.5 Å². The summed E-state index contributed by atoms with van der Waals surface area (Å²) in [6.45, 7) is 3.51. The van der Waals surface area contributed by atoms with Gasteiger partial charge in [-0.05, 0) is 18.9 Å². The molecule has 1 aliphatic heterocycles. The van der Waals surface area contributed by atoms with Crippen molar-refractivity contribution < 1.29 is 9.63 Å². The molecular formula is C15H19N3O2. The van der Waals surface area contributed by atoms with Crippen LogP contribution in [0.3, 0.4) is 0 Å². The fraction of sp³-hybridized carbons (Fsp3) is 0.467. The molecule has 0 amide bonds. The number of aliphatic hydroxyl groups excluding tert-OH is 1. The Bertz CT molecular complexity index is 582. The number of aromatic nitrogens is 2. The van der Waals surface area contributed by atoms with E-state index in [0.717, 1.165) is 37.1 Å². The Balaban J connectivity index is 1.79. The number of nitrogens with zero attached hydrogens (tertiary/aromatic N) is 3. The molecule has 1 atom stereocenters. The molecule has 0 aliphatic carbocycles. The Kier molecular flexibility index (Phi) is 3.69. The number of benzene rings is 1. The highest BCUT2D eigenvalue weighted by molar-refractivity contribution is 5.56. The second-order valence-corrected chi connectivity index (χ2v) is 5.14. The van der Waals surface area contributed by atoms with Gasteiger partial charge in [0, 0.05) is 24.2 Å². The van der Waals surface area contributed by atoms with Crippen LogP contribution in [0.4, 0.5) is 5.69 Å². The van der Waals surface area contributed by atoms with Crippen LogP contribution in [0.25, 0.3) is 0 Å². The van der Waals surface area contributed by atoms with E-state index in [4.69, 9.17) is 4.52 Å². The SMILES string of the molecule is CCCc1nc(CN2CCC(O)c3ccccc32)no1. The first-order valence-electron chi connectivity index (χ1n) is 7.11. The van der Waals surface area contributed by atoms with Crippen LogP contribution in [0.5, 0.6) is 0 Å². The summed E-state index contributed by atoms with van der Waals surface area (Å²) in [6, 6.07) is 7.96. The molecule has 1 N–H and O–H groups in total. The smallest absolute Gasteiger partial charge is 0.226 e. The molecular weight excluding hydrogens is 254 g/mol. The number of rotatable bonds is 4. The summed E-state index contributed by atoms with van der Waals surface area (Å²) in [6.07, 6.45) is 2.18. The molecule has 0 radical (unpaired) electrons. The van der Waals surface area contributed by atoms with Gasteiger partial charge in [0.25, 0.3) is 0 Å². The summed E-state index contributed by atoms with van der Waals surface area (Å²) in [5, 5.41) is 14.1. The second-order valence-electron chi connectivity index (χ2n) is 5.14. The topological polar surface area (TPSA) is 62.4 Å². The van der Waals surface area contributed by atoms with Crippen LogP contribution < -0.4 is 4.90 Å². The quantitative estimate of drug-likeness (QED) is 0.927. The van der Waals surface area contributed by atoms with Crippen molar-refractivity contribution in [1.82, 2.24) is 10.1 Å². The molecule has 0 fully saturated rings. The van der Waals surface area contributed by atoms with Gasteiger partial charge in [0.05, 0.1) is 12.6 Å². The Morgan fingerprint density at radius 3 is 3.10 bits per heavy atom. The van der Waals surface area contributed by atoms with Crippen molar-refractivity contribution >= 4 is 5.69 Å². The van der Waals surface area contributed by atoms with Gasteiger partial charge in [-0.3, -0.25) is 0 Å². The molecule has 5 heteroatoms. The molecule has 1 aromatic heterocycles. The van der Waals surface area contributed by atoms with Gasteiger partial charge in [0.2, 0.25) is 5.89 Å². The largest absolute Gasteiger partial charge is 0.388 e. The van der Waals surface area contributed by atoms with E-state index < -0.39 is 0 Å². The minimum absolute atomic E-state index is 0.372. The number of para-hydroxylation sites is 1. The average molecular weight is 273 g/mol. The van der Waals surface area contributed by atoms with Crippen LogP contribution >= 0.6 is 0 Å². The maximum atomic E-state index is 10.0. The third-order valence-electron chi connectivity index (χ3n) is 3.62. The van der Waals surface area contributed by atoms with Gasteiger partial charge in [-0.1, -0.05) is 30.3 Å². The van der Waals surface area contributed by atoms with Crippen LogP contribution in [0.1, 0.15) is 43.1 Å². The number of aliphatic hydroxyl groups is 1. The van der Waals surface area contributed by atoms with Crippen molar-refractivity contribution in [3.63, 3.8) is 0 Å². The molecule has 1 aromatic carbocycles. The monoisotopic (exact) mass is 273 g/mol. The van der Waals surface area contributed by atoms with Gasteiger partial charge >= 0.3 is 0 Å². The molecule has 106 valence electrons. The molecule has 0 saturated heterocycles. The van der Waals surface area contributed by atoms with E-state index in [-0.39, 0.29) is 6.10 Å². The maximum Gasteiger partial charge on any atom is 0.226 e. The van der Waals surface area contributed by atoms with E-state index >= 15 is 0 Å². The van der Waals surface area contributed by atoms with Crippen molar-refractivity contribution in [3.8, 4) is 0 Å². The summed E-state index contributed by atoms with van der Waals surface area (Å²) >= 11 is 0. The number of hydrogen-bond acceptors (Lipinski definition) is 5. The summed E-state index contributed by atoms with van der Waals surface area (Å²) in [4.78, 5) is 6.60. The molecule has 1 unspecified atom stereocenters. The zero-order valence-corrected chi connectivity index (χ0v) is 11.6. The van der Waals surface area contributed by atoms with E-state index in [9.17, 15) is 5.11 Å². The predicted octanol–water partition coefficient (Wildman–Crippen LogP) is 2.47. The highest BCUT2D eigenvalue weighted by atomic mass is 16.5. The van der Waals surface area contributed by atoms with Gasteiger partial charge in [0.15, 0.2) is 5.82 Å². The van der Waals surface area contributed by atoms with Crippen LogP contribution in [0.2, 0.25) is 0 Å². The zero-order valence-electron chi connectivity index (χ0n) is 11.6. The Morgan fingerprint density at radius 1 is 1.40 bits per heavy atom. The van der Waals surface area contributed by atoms with Crippen molar-refractivity contribution in [2.75, 3.05) is 11.4 Å². The molecule has 3 rings (SSSR count). The first-order valence-corrected chi connectivity index (χ1v) is 7.11. The Labute approximate surface area is 118 Å². The van der Waals surface area contributed by atoms with Crippen molar-refractivity contribution in [3.05, 3.63) is 41.5 Å². The first kappa shape index (κ1) is 13.1. The number of fused-ring (bicyclic) bond motifs is 1. The van der Waals surface area contributed by atoms with Crippen molar-refractivity contribution in [1.29, 1.82) is 0 Å². The summed E-state index contributed by atoms with van der Waals surface area (Å²) < 4.78 is 5.22. The molecule has 2 aromatic rings. The van der Waals surface area contributed by atoms with Crippen LogP contribution in [0.15, 0.2) is 28.8 Å². The fourth-order valence-corrected chi connectivity index (χ4v) is 2.62. The van der Waals surface area contributed by atoms with Gasteiger partial charge in [-0.2, -0.15) is 4.98 Å². The van der Waals surface area contributed by atoms with Gasteiger partial charge in [0.1, 0.15) is 0 Å².